The van der Waals surface area contributed by atoms with Crippen molar-refractivity contribution >= 4 is 27.5 Å². The van der Waals surface area contributed by atoms with E-state index >= 15 is 0 Å². The van der Waals surface area contributed by atoms with Crippen LogP contribution in [0.15, 0.2) is 16.9 Å². The van der Waals surface area contributed by atoms with Gasteiger partial charge in [0.25, 0.3) is 0 Å². The molecule has 0 saturated carbocycles. The minimum absolute atomic E-state index is 0.0627. The van der Waals surface area contributed by atoms with E-state index in [0.29, 0.717) is 13.2 Å². The van der Waals surface area contributed by atoms with Crippen molar-refractivity contribution in [3.8, 4) is 0 Å². The topological polar surface area (TPSA) is 51.2 Å². The maximum absolute atomic E-state index is 12.0. The summed E-state index contributed by atoms with van der Waals surface area (Å²) in [5, 5.41) is 2.90. The highest BCUT2D eigenvalue weighted by Crippen LogP contribution is 2.20. The van der Waals surface area contributed by atoms with Gasteiger partial charge >= 0.3 is 0 Å². The van der Waals surface area contributed by atoms with E-state index in [1.807, 2.05) is 13.0 Å². The van der Waals surface area contributed by atoms with Crippen LogP contribution >= 0.6 is 15.9 Å². The Balaban J connectivity index is 1.99. The van der Waals surface area contributed by atoms with Gasteiger partial charge in [-0.2, -0.15) is 0 Å². The van der Waals surface area contributed by atoms with Gasteiger partial charge in [-0.05, 0) is 47.3 Å². The summed E-state index contributed by atoms with van der Waals surface area (Å²) in [7, 11) is 0. The monoisotopic (exact) mass is 298 g/mol. The summed E-state index contributed by atoms with van der Waals surface area (Å²) < 4.78 is 6.04. The number of ether oxygens (including phenoxy) is 1. The highest BCUT2D eigenvalue weighted by Gasteiger charge is 2.21. The van der Waals surface area contributed by atoms with Crippen molar-refractivity contribution in [3.05, 3.63) is 22.4 Å². The summed E-state index contributed by atoms with van der Waals surface area (Å²) in [4.78, 5) is 16.1. The Morgan fingerprint density at radius 3 is 2.88 bits per heavy atom. The van der Waals surface area contributed by atoms with Gasteiger partial charge in [-0.25, -0.2) is 4.98 Å². The molecule has 1 aliphatic heterocycles. The molecule has 0 aromatic carbocycles. The van der Waals surface area contributed by atoms with E-state index in [1.54, 1.807) is 6.20 Å². The van der Waals surface area contributed by atoms with Gasteiger partial charge in [-0.15, -0.1) is 0 Å². The van der Waals surface area contributed by atoms with Crippen molar-refractivity contribution in [2.75, 3.05) is 18.5 Å². The Morgan fingerprint density at radius 2 is 2.24 bits per heavy atom. The third-order valence-electron chi connectivity index (χ3n) is 2.87. The molecule has 0 bridgehead atoms. The number of pyridine rings is 1. The second kappa shape index (κ2) is 5.60. The Morgan fingerprint density at radius 1 is 1.53 bits per heavy atom. The van der Waals surface area contributed by atoms with Gasteiger partial charge in [0.1, 0.15) is 4.60 Å². The molecule has 92 valence electrons. The van der Waals surface area contributed by atoms with Crippen LogP contribution in [0, 0.1) is 12.8 Å². The number of nitrogens with zero attached hydrogens (tertiary/aromatic N) is 1. The fourth-order valence-corrected chi connectivity index (χ4v) is 2.05. The predicted molar refractivity (Wildman–Crippen MR) is 68.8 cm³/mol. The van der Waals surface area contributed by atoms with Crippen LogP contribution in [0.1, 0.15) is 18.4 Å². The number of anilines is 1. The summed E-state index contributed by atoms with van der Waals surface area (Å²) in [5.74, 6) is 0.129. The average Bonchev–Trinajstić information content (AvgIpc) is 2.35. The van der Waals surface area contributed by atoms with Crippen LogP contribution in [0.4, 0.5) is 5.69 Å². The number of carbonyl (C=O) groups is 1. The summed E-state index contributed by atoms with van der Waals surface area (Å²) in [6.07, 6.45) is 3.26. The van der Waals surface area contributed by atoms with E-state index < -0.39 is 0 Å². The molecule has 1 N–H and O–H groups in total. The molecule has 17 heavy (non-hydrogen) atoms. The normalized spacial score (nSPS) is 16.8. The van der Waals surface area contributed by atoms with Crippen molar-refractivity contribution in [1.29, 1.82) is 0 Å². The highest BCUT2D eigenvalue weighted by atomic mass is 79.9. The van der Waals surface area contributed by atoms with E-state index in [2.05, 4.69) is 26.2 Å². The van der Waals surface area contributed by atoms with E-state index in [9.17, 15) is 4.79 Å². The number of halogens is 1. The van der Waals surface area contributed by atoms with E-state index in [0.717, 1.165) is 28.7 Å². The maximum Gasteiger partial charge on any atom is 0.227 e. The zero-order chi connectivity index (χ0) is 12.3. The molecule has 5 heteroatoms. The fraction of sp³-hybridized carbons (Fsp3) is 0.500. The maximum atomic E-state index is 12.0. The molecule has 1 amide bonds. The lowest BCUT2D eigenvalue weighted by Gasteiger charge is -2.21. The third-order valence-corrected chi connectivity index (χ3v) is 3.70. The first-order chi connectivity index (χ1) is 8.16. The second-order valence-corrected chi connectivity index (χ2v) is 4.96. The fourth-order valence-electron chi connectivity index (χ4n) is 1.83. The Kier molecular flexibility index (Phi) is 4.12. The largest absolute Gasteiger partial charge is 0.381 e. The predicted octanol–water partition coefficient (Wildman–Crippen LogP) is 2.52. The van der Waals surface area contributed by atoms with E-state index in [1.165, 1.54) is 0 Å². The molecular weight excluding hydrogens is 284 g/mol. The van der Waals surface area contributed by atoms with Crippen molar-refractivity contribution in [2.24, 2.45) is 5.92 Å². The lowest BCUT2D eigenvalue weighted by atomic mass is 9.99. The average molecular weight is 299 g/mol. The number of carbonyl (C=O) groups excluding carboxylic acids is 1. The first kappa shape index (κ1) is 12.5. The molecule has 1 fully saturated rings. The van der Waals surface area contributed by atoms with Crippen LogP contribution in [-0.4, -0.2) is 24.1 Å². The summed E-state index contributed by atoms with van der Waals surface area (Å²) in [6.45, 7) is 3.30. The van der Waals surface area contributed by atoms with Gasteiger partial charge in [-0.3, -0.25) is 4.79 Å². The van der Waals surface area contributed by atoms with Crippen LogP contribution in [0.5, 0.6) is 0 Å². The first-order valence-corrected chi connectivity index (χ1v) is 6.47. The number of aryl methyl sites for hydroxylation is 1. The zero-order valence-corrected chi connectivity index (χ0v) is 11.3. The molecule has 0 radical (unpaired) electrons. The number of nitrogens with one attached hydrogen (secondary N) is 1. The first-order valence-electron chi connectivity index (χ1n) is 5.67. The number of aromatic nitrogens is 1. The second-order valence-electron chi connectivity index (χ2n) is 4.21. The number of hydrogen-bond donors (Lipinski definition) is 1. The van der Waals surface area contributed by atoms with Crippen LogP contribution in [-0.2, 0) is 9.53 Å². The molecule has 0 aliphatic carbocycles. The van der Waals surface area contributed by atoms with Gasteiger partial charge < -0.3 is 10.1 Å². The molecule has 0 spiro atoms. The minimum Gasteiger partial charge on any atom is -0.381 e. The van der Waals surface area contributed by atoms with Gasteiger partial charge in [0.05, 0.1) is 11.9 Å². The molecule has 2 heterocycles. The minimum atomic E-state index is 0.0627. The summed E-state index contributed by atoms with van der Waals surface area (Å²) in [6, 6.07) is 1.91. The molecule has 1 saturated heterocycles. The lowest BCUT2D eigenvalue weighted by Crippen LogP contribution is -2.28. The van der Waals surface area contributed by atoms with Crippen LogP contribution < -0.4 is 5.32 Å². The van der Waals surface area contributed by atoms with Crippen LogP contribution in [0.3, 0.4) is 0 Å². The summed E-state index contributed by atoms with van der Waals surface area (Å²) in [5.41, 5.74) is 1.76. The standard InChI is InChI=1S/C12H15BrN2O2/c1-8-6-10(7-14-11(8)13)15-12(16)9-2-4-17-5-3-9/h6-7,9H,2-5H2,1H3,(H,15,16). The van der Waals surface area contributed by atoms with Gasteiger partial charge in [-0.1, -0.05) is 0 Å². The molecular formula is C12H15BrN2O2. The highest BCUT2D eigenvalue weighted by molar-refractivity contribution is 9.10. The zero-order valence-electron chi connectivity index (χ0n) is 9.70. The molecule has 2 rings (SSSR count). The van der Waals surface area contributed by atoms with Gasteiger partial charge in [0.2, 0.25) is 5.91 Å². The molecule has 1 aromatic heterocycles. The van der Waals surface area contributed by atoms with Gasteiger partial charge in [0.15, 0.2) is 0 Å². The van der Waals surface area contributed by atoms with Crippen LogP contribution in [0.25, 0.3) is 0 Å². The molecule has 1 aliphatic rings. The number of rotatable bonds is 2. The molecule has 4 nitrogen and oxygen atoms in total. The van der Waals surface area contributed by atoms with E-state index in [-0.39, 0.29) is 11.8 Å². The Hall–Kier alpha value is -0.940. The molecule has 0 unspecified atom stereocenters. The molecule has 1 aromatic rings. The van der Waals surface area contributed by atoms with Crippen molar-refractivity contribution in [1.82, 2.24) is 4.98 Å². The van der Waals surface area contributed by atoms with Crippen LogP contribution in [0.2, 0.25) is 0 Å². The van der Waals surface area contributed by atoms with Crippen molar-refractivity contribution in [3.63, 3.8) is 0 Å². The van der Waals surface area contributed by atoms with Crippen molar-refractivity contribution in [2.45, 2.75) is 19.8 Å². The SMILES string of the molecule is Cc1cc(NC(=O)C2CCOCC2)cnc1Br. The van der Waals surface area contributed by atoms with Crippen molar-refractivity contribution < 1.29 is 9.53 Å². The Labute approximate surface area is 109 Å². The number of hydrogen-bond acceptors (Lipinski definition) is 3. The van der Waals surface area contributed by atoms with E-state index in [4.69, 9.17) is 4.74 Å². The van der Waals surface area contributed by atoms with Gasteiger partial charge in [0, 0.05) is 19.1 Å². The Bertz CT molecular complexity index is 417. The lowest BCUT2D eigenvalue weighted by molar-refractivity contribution is -0.122. The third kappa shape index (κ3) is 3.26. The summed E-state index contributed by atoms with van der Waals surface area (Å²) >= 11 is 3.33. The number of amides is 1. The molecule has 0 atom stereocenters. The smallest absolute Gasteiger partial charge is 0.227 e. The quantitative estimate of drug-likeness (QED) is 0.854.